The third-order valence-electron chi connectivity index (χ3n) is 8.47. The molecular weight excluding hydrogens is 591 g/mol. The molecule has 0 N–H and O–H groups in total. The molecule has 0 aliphatic heterocycles. The van der Waals surface area contributed by atoms with E-state index in [9.17, 15) is 0 Å². The molecule has 0 amide bonds. The molecule has 0 aromatic heterocycles. The lowest BCUT2D eigenvalue weighted by Crippen LogP contribution is -2.13. The second-order valence-corrected chi connectivity index (χ2v) is 12.0. The van der Waals surface area contributed by atoms with Crippen LogP contribution in [0.15, 0.2) is 212 Å². The lowest BCUT2D eigenvalue weighted by atomic mass is 9.92. The van der Waals surface area contributed by atoms with Crippen molar-refractivity contribution < 1.29 is 0 Å². The van der Waals surface area contributed by atoms with Gasteiger partial charge in [0.2, 0.25) is 0 Å². The zero-order chi connectivity index (χ0) is 34.8. The van der Waals surface area contributed by atoms with Gasteiger partial charge in [-0.25, -0.2) is 0 Å². The zero-order valence-corrected chi connectivity index (χ0v) is 29.5. The van der Waals surface area contributed by atoms with E-state index in [-0.39, 0.29) is 5.92 Å². The van der Waals surface area contributed by atoms with Crippen LogP contribution in [0.25, 0.3) is 33.4 Å². The largest absolute Gasteiger partial charge is 0.321 e. The first-order chi connectivity index (χ1) is 23.9. The summed E-state index contributed by atoms with van der Waals surface area (Å²) in [5, 5.41) is 0. The lowest BCUT2D eigenvalue weighted by Gasteiger charge is -2.24. The normalized spacial score (nSPS) is 13.5. The van der Waals surface area contributed by atoms with Gasteiger partial charge in [0, 0.05) is 17.6 Å². The molecule has 0 heterocycles. The molecule has 0 saturated carbocycles. The Balaban J connectivity index is 1.79. The second-order valence-electron chi connectivity index (χ2n) is 12.0. The van der Waals surface area contributed by atoms with Crippen LogP contribution in [-0.4, -0.2) is 0 Å². The van der Waals surface area contributed by atoms with Crippen LogP contribution in [0, 0.1) is 5.92 Å². The van der Waals surface area contributed by atoms with E-state index in [1.807, 2.05) is 25.2 Å². The van der Waals surface area contributed by atoms with E-state index in [2.05, 4.69) is 197 Å². The van der Waals surface area contributed by atoms with Crippen LogP contribution in [-0.2, 0) is 0 Å². The summed E-state index contributed by atoms with van der Waals surface area (Å²) in [7, 11) is 0. The molecule has 0 bridgehead atoms. The summed E-state index contributed by atoms with van der Waals surface area (Å²) < 4.78 is 0. The van der Waals surface area contributed by atoms with Gasteiger partial charge in [-0.3, -0.25) is 0 Å². The summed E-state index contributed by atoms with van der Waals surface area (Å²) in [6.45, 7) is 16.3. The number of anilines is 1. The van der Waals surface area contributed by atoms with Gasteiger partial charge in [0.05, 0.1) is 0 Å². The predicted octanol–water partition coefficient (Wildman–Crippen LogP) is 13.9. The number of nitrogens with zero attached hydrogens (tertiary/aromatic N) is 1. The highest BCUT2D eigenvalue weighted by molar-refractivity contribution is 5.87. The minimum absolute atomic E-state index is 0.220. The molecular formula is C48H49N. The molecule has 0 spiro atoms. The smallest absolute Gasteiger partial charge is 0.0458 e. The Hall–Kier alpha value is -5.66. The van der Waals surface area contributed by atoms with E-state index in [1.54, 1.807) is 6.08 Å². The Morgan fingerprint density at radius 2 is 1.24 bits per heavy atom. The molecule has 0 aliphatic carbocycles. The molecule has 1 unspecified atom stereocenters. The average Bonchev–Trinajstić information content (AvgIpc) is 3.15. The molecule has 0 radical (unpaired) electrons. The standard InChI is InChI=1S/C48H49N/c1-7-10-12-15-22-41(9-3)23-20-36-49(40(6)29-28-39(5)38(4)21-11-8-2)46-34-35-47(44-26-18-14-19-27-44)48(37-46)45-32-30-43(31-33-45)42-24-16-13-17-25-42/h7-22,24-37,41H,1,3,23H2,2,4-6H3/b11-8-,12-10-,22-15+,36-20+,38-21+,39-28+,40-29+. The first-order valence-corrected chi connectivity index (χ1v) is 17.0. The summed E-state index contributed by atoms with van der Waals surface area (Å²) in [6.07, 6.45) is 27.9. The van der Waals surface area contributed by atoms with Crippen LogP contribution < -0.4 is 4.90 Å². The first kappa shape index (κ1) is 36.2. The fourth-order valence-corrected chi connectivity index (χ4v) is 5.43. The van der Waals surface area contributed by atoms with Crippen molar-refractivity contribution >= 4 is 5.69 Å². The monoisotopic (exact) mass is 639 g/mol. The van der Waals surface area contributed by atoms with Gasteiger partial charge in [0.15, 0.2) is 0 Å². The van der Waals surface area contributed by atoms with Crippen molar-refractivity contribution in [3.05, 3.63) is 212 Å². The first-order valence-electron chi connectivity index (χ1n) is 17.0. The summed E-state index contributed by atoms with van der Waals surface area (Å²) in [5.41, 5.74) is 11.9. The van der Waals surface area contributed by atoms with E-state index in [0.717, 1.165) is 17.8 Å². The van der Waals surface area contributed by atoms with Gasteiger partial charge in [-0.15, -0.1) is 6.58 Å². The van der Waals surface area contributed by atoms with Crippen molar-refractivity contribution in [1.82, 2.24) is 0 Å². The van der Waals surface area contributed by atoms with Crippen LogP contribution in [0.4, 0.5) is 5.69 Å². The molecule has 0 saturated heterocycles. The number of allylic oxidation sites excluding steroid dienone is 15. The SMILES string of the molecule is C=C/C=C\C=C\C(C=C)C/C=C/N(/C(C)=C/C=C(C)/C(C)=C/C=C\C)c1ccc(-c2ccccc2)c(-c2ccc(-c3ccccc3)cc2)c1. The highest BCUT2D eigenvalue weighted by Gasteiger charge is 2.13. The van der Waals surface area contributed by atoms with Crippen LogP contribution in [0.3, 0.4) is 0 Å². The molecule has 1 nitrogen and oxygen atoms in total. The third kappa shape index (κ3) is 10.7. The van der Waals surface area contributed by atoms with E-state index >= 15 is 0 Å². The maximum absolute atomic E-state index is 4.07. The van der Waals surface area contributed by atoms with E-state index in [0.29, 0.717) is 0 Å². The van der Waals surface area contributed by atoms with Gasteiger partial charge >= 0.3 is 0 Å². The van der Waals surface area contributed by atoms with Gasteiger partial charge in [-0.1, -0.05) is 164 Å². The quantitative estimate of drug-likeness (QED) is 0.0924. The highest BCUT2D eigenvalue weighted by atomic mass is 15.1. The van der Waals surface area contributed by atoms with Gasteiger partial charge in [0.25, 0.3) is 0 Å². The minimum atomic E-state index is 0.220. The van der Waals surface area contributed by atoms with Crippen molar-refractivity contribution in [3.8, 4) is 33.4 Å². The molecule has 4 aromatic carbocycles. The van der Waals surface area contributed by atoms with Crippen LogP contribution in [0.1, 0.15) is 34.1 Å². The molecule has 0 aliphatic rings. The van der Waals surface area contributed by atoms with Gasteiger partial charge in [-0.05, 0) is 103 Å². The van der Waals surface area contributed by atoms with Crippen LogP contribution >= 0.6 is 0 Å². The van der Waals surface area contributed by atoms with Crippen LogP contribution in [0.2, 0.25) is 0 Å². The Labute approximate surface area is 295 Å². The summed E-state index contributed by atoms with van der Waals surface area (Å²) in [6, 6.07) is 36.9. The topological polar surface area (TPSA) is 3.24 Å². The number of hydrogen-bond acceptors (Lipinski definition) is 1. The van der Waals surface area contributed by atoms with Crippen molar-refractivity contribution in [2.45, 2.75) is 34.1 Å². The van der Waals surface area contributed by atoms with E-state index < -0.39 is 0 Å². The average molecular weight is 640 g/mol. The Kier molecular flexibility index (Phi) is 14.2. The van der Waals surface area contributed by atoms with Gasteiger partial charge < -0.3 is 4.90 Å². The maximum Gasteiger partial charge on any atom is 0.0458 e. The van der Waals surface area contributed by atoms with Crippen molar-refractivity contribution in [3.63, 3.8) is 0 Å². The van der Waals surface area contributed by atoms with Crippen molar-refractivity contribution in [1.29, 1.82) is 0 Å². The number of rotatable bonds is 15. The highest BCUT2D eigenvalue weighted by Crippen LogP contribution is 2.37. The predicted molar refractivity (Wildman–Crippen MR) is 217 cm³/mol. The molecule has 1 atom stereocenters. The van der Waals surface area contributed by atoms with Crippen LogP contribution in [0.5, 0.6) is 0 Å². The molecule has 0 fully saturated rings. The third-order valence-corrected chi connectivity index (χ3v) is 8.47. The Bertz CT molecular complexity index is 1870. The number of hydrogen-bond donors (Lipinski definition) is 0. The van der Waals surface area contributed by atoms with E-state index in [1.165, 1.54) is 44.5 Å². The zero-order valence-electron chi connectivity index (χ0n) is 29.5. The molecule has 4 rings (SSSR count). The fourth-order valence-electron chi connectivity index (χ4n) is 5.43. The maximum atomic E-state index is 4.07. The summed E-state index contributed by atoms with van der Waals surface area (Å²) in [4.78, 5) is 2.28. The second kappa shape index (κ2) is 19.2. The lowest BCUT2D eigenvalue weighted by molar-refractivity contribution is 0.831. The molecule has 1 heteroatoms. The molecule has 49 heavy (non-hydrogen) atoms. The Morgan fingerprint density at radius 3 is 1.90 bits per heavy atom. The molecule has 246 valence electrons. The molecule has 4 aromatic rings. The van der Waals surface area contributed by atoms with Gasteiger partial charge in [0.1, 0.15) is 0 Å². The number of benzene rings is 4. The summed E-state index contributed by atoms with van der Waals surface area (Å²) in [5.74, 6) is 0.220. The van der Waals surface area contributed by atoms with Gasteiger partial charge in [-0.2, -0.15) is 0 Å². The minimum Gasteiger partial charge on any atom is -0.321 e. The van der Waals surface area contributed by atoms with Crippen molar-refractivity contribution in [2.75, 3.05) is 4.90 Å². The van der Waals surface area contributed by atoms with E-state index in [4.69, 9.17) is 0 Å². The van der Waals surface area contributed by atoms with Crippen molar-refractivity contribution in [2.24, 2.45) is 5.92 Å². The fraction of sp³-hybridized carbons (Fsp3) is 0.125. The summed E-state index contributed by atoms with van der Waals surface area (Å²) >= 11 is 0. The Morgan fingerprint density at radius 1 is 0.633 bits per heavy atom.